The summed E-state index contributed by atoms with van der Waals surface area (Å²) in [6.07, 6.45) is 0. The molecule has 0 aliphatic rings. The summed E-state index contributed by atoms with van der Waals surface area (Å²) in [5.74, 6) is -0.154. The lowest BCUT2D eigenvalue weighted by molar-refractivity contribution is 0.628. The molecule has 0 spiro atoms. The Morgan fingerprint density at radius 1 is 1.04 bits per heavy atom. The number of nitrogen functional groups attached to an aromatic ring is 1. The number of hydrogen-bond donors (Lipinski definition) is 1. The molecule has 0 atom stereocenters. The van der Waals surface area contributed by atoms with Gasteiger partial charge in [-0.2, -0.15) is 5.26 Å². The smallest absolute Gasteiger partial charge is 0.142 e. The minimum Gasteiger partial charge on any atom is -0.383 e. The lowest BCUT2D eigenvalue weighted by atomic mass is 9.98. The fourth-order valence-electron chi connectivity index (χ4n) is 2.49. The van der Waals surface area contributed by atoms with E-state index >= 15 is 0 Å². The first kappa shape index (κ1) is 14.7. The van der Waals surface area contributed by atoms with Gasteiger partial charge in [-0.25, -0.2) is 9.37 Å². The van der Waals surface area contributed by atoms with Gasteiger partial charge in [0.25, 0.3) is 0 Å². The number of aryl methyl sites for hydroxylation is 1. The maximum Gasteiger partial charge on any atom is 0.142 e. The number of anilines is 1. The number of hydrogen-bond acceptors (Lipinski definition) is 3. The maximum atomic E-state index is 13.2. The second kappa shape index (κ2) is 5.90. The van der Waals surface area contributed by atoms with E-state index in [4.69, 9.17) is 5.73 Å². The van der Waals surface area contributed by atoms with Crippen molar-refractivity contribution in [2.24, 2.45) is 0 Å². The zero-order chi connectivity index (χ0) is 16.4. The van der Waals surface area contributed by atoms with Crippen LogP contribution in [0.3, 0.4) is 0 Å². The molecule has 2 aromatic carbocycles. The fourth-order valence-corrected chi connectivity index (χ4v) is 2.49. The fraction of sp³-hybridized carbons (Fsp3) is 0.0526. The van der Waals surface area contributed by atoms with E-state index < -0.39 is 0 Å². The molecule has 0 unspecified atom stereocenters. The Labute approximate surface area is 133 Å². The minimum atomic E-state index is -0.326. The van der Waals surface area contributed by atoms with Crippen molar-refractivity contribution in [2.45, 2.75) is 6.92 Å². The molecule has 0 amide bonds. The summed E-state index contributed by atoms with van der Waals surface area (Å²) in [7, 11) is 0. The molecule has 0 saturated carbocycles. The van der Waals surface area contributed by atoms with Gasteiger partial charge < -0.3 is 5.73 Å². The summed E-state index contributed by atoms with van der Waals surface area (Å²) in [6.45, 7) is 2.00. The molecule has 0 radical (unpaired) electrons. The number of pyridine rings is 1. The number of nitrogens with two attached hydrogens (primary N) is 1. The van der Waals surface area contributed by atoms with Crippen LogP contribution < -0.4 is 5.73 Å². The van der Waals surface area contributed by atoms with E-state index in [1.165, 1.54) is 12.1 Å². The van der Waals surface area contributed by atoms with Crippen molar-refractivity contribution in [3.05, 3.63) is 71.5 Å². The molecule has 112 valence electrons. The standard InChI is InChI=1S/C19H14FN3/c1-12-3-2-4-14(9-12)18-10-16(17(11-21)19(22)23-18)13-5-7-15(20)8-6-13/h2-10H,1H3,(H2,22,23). The average molecular weight is 303 g/mol. The van der Waals surface area contributed by atoms with Crippen molar-refractivity contribution in [1.29, 1.82) is 5.26 Å². The van der Waals surface area contributed by atoms with Crippen LogP contribution in [0.15, 0.2) is 54.6 Å². The summed E-state index contributed by atoms with van der Waals surface area (Å²) < 4.78 is 13.2. The van der Waals surface area contributed by atoms with Crippen LogP contribution in [-0.4, -0.2) is 4.98 Å². The SMILES string of the molecule is Cc1cccc(-c2cc(-c3ccc(F)cc3)c(C#N)c(N)n2)c1. The molecule has 0 saturated heterocycles. The van der Waals surface area contributed by atoms with E-state index in [9.17, 15) is 9.65 Å². The van der Waals surface area contributed by atoms with Crippen molar-refractivity contribution < 1.29 is 4.39 Å². The van der Waals surface area contributed by atoms with Crippen LogP contribution in [0.2, 0.25) is 0 Å². The highest BCUT2D eigenvalue weighted by Crippen LogP contribution is 2.31. The Balaban J connectivity index is 2.22. The topological polar surface area (TPSA) is 62.7 Å². The van der Waals surface area contributed by atoms with Gasteiger partial charge in [0.05, 0.1) is 5.69 Å². The van der Waals surface area contributed by atoms with Gasteiger partial charge in [0, 0.05) is 11.1 Å². The number of benzene rings is 2. The van der Waals surface area contributed by atoms with Gasteiger partial charge in [-0.15, -0.1) is 0 Å². The van der Waals surface area contributed by atoms with Gasteiger partial charge in [-0.1, -0.05) is 35.9 Å². The van der Waals surface area contributed by atoms with Crippen LogP contribution in [-0.2, 0) is 0 Å². The van der Waals surface area contributed by atoms with Crippen molar-refractivity contribution in [3.63, 3.8) is 0 Å². The molecule has 0 fully saturated rings. The second-order valence-electron chi connectivity index (χ2n) is 5.30. The summed E-state index contributed by atoms with van der Waals surface area (Å²) in [4.78, 5) is 4.34. The van der Waals surface area contributed by atoms with Gasteiger partial charge >= 0.3 is 0 Å². The van der Waals surface area contributed by atoms with E-state index in [-0.39, 0.29) is 11.6 Å². The van der Waals surface area contributed by atoms with Gasteiger partial charge in [0.2, 0.25) is 0 Å². The van der Waals surface area contributed by atoms with Gasteiger partial charge in [0.1, 0.15) is 23.3 Å². The van der Waals surface area contributed by atoms with Gasteiger partial charge in [-0.3, -0.25) is 0 Å². The van der Waals surface area contributed by atoms with Crippen LogP contribution in [0.1, 0.15) is 11.1 Å². The summed E-state index contributed by atoms with van der Waals surface area (Å²) in [6, 6.07) is 17.8. The molecule has 3 nitrogen and oxygen atoms in total. The Morgan fingerprint density at radius 2 is 1.78 bits per heavy atom. The first-order valence-corrected chi connectivity index (χ1v) is 7.12. The van der Waals surface area contributed by atoms with Crippen molar-refractivity contribution in [1.82, 2.24) is 4.98 Å². The van der Waals surface area contributed by atoms with Gasteiger partial charge in [-0.05, 0) is 36.8 Å². The van der Waals surface area contributed by atoms with Crippen LogP contribution in [0.4, 0.5) is 10.2 Å². The maximum absolute atomic E-state index is 13.2. The summed E-state index contributed by atoms with van der Waals surface area (Å²) >= 11 is 0. The highest BCUT2D eigenvalue weighted by atomic mass is 19.1. The zero-order valence-electron chi connectivity index (χ0n) is 12.5. The Hall–Kier alpha value is -3.19. The largest absolute Gasteiger partial charge is 0.383 e. The average Bonchev–Trinajstić information content (AvgIpc) is 2.55. The Morgan fingerprint density at radius 3 is 2.43 bits per heavy atom. The van der Waals surface area contributed by atoms with E-state index in [0.717, 1.165) is 16.7 Å². The number of halogens is 1. The number of nitrogens with zero attached hydrogens (tertiary/aromatic N) is 2. The van der Waals surface area contributed by atoms with Gasteiger partial charge in [0.15, 0.2) is 0 Å². The van der Waals surface area contributed by atoms with Crippen molar-refractivity contribution in [2.75, 3.05) is 5.73 Å². The third-order valence-electron chi connectivity index (χ3n) is 3.63. The predicted octanol–water partition coefficient (Wildman–Crippen LogP) is 4.32. The van der Waals surface area contributed by atoms with E-state index in [2.05, 4.69) is 11.1 Å². The van der Waals surface area contributed by atoms with E-state index in [1.807, 2.05) is 37.3 Å². The molecule has 0 bridgehead atoms. The Kier molecular flexibility index (Phi) is 3.78. The molecule has 0 aliphatic carbocycles. The summed E-state index contributed by atoms with van der Waals surface area (Å²) in [5, 5.41) is 9.38. The third kappa shape index (κ3) is 2.90. The molecule has 3 rings (SSSR count). The molecule has 0 aliphatic heterocycles. The monoisotopic (exact) mass is 303 g/mol. The highest BCUT2D eigenvalue weighted by molar-refractivity contribution is 5.80. The van der Waals surface area contributed by atoms with Crippen LogP contribution in [0.25, 0.3) is 22.4 Å². The summed E-state index contributed by atoms with van der Waals surface area (Å²) in [5.41, 5.74) is 10.4. The number of aromatic nitrogens is 1. The number of nitriles is 1. The lowest BCUT2D eigenvalue weighted by Gasteiger charge is -2.10. The van der Waals surface area contributed by atoms with Crippen LogP contribution in [0.5, 0.6) is 0 Å². The molecule has 23 heavy (non-hydrogen) atoms. The molecular weight excluding hydrogens is 289 g/mol. The van der Waals surface area contributed by atoms with Crippen molar-refractivity contribution >= 4 is 5.82 Å². The normalized spacial score (nSPS) is 10.3. The molecule has 1 heterocycles. The third-order valence-corrected chi connectivity index (χ3v) is 3.63. The van der Waals surface area contributed by atoms with E-state index in [0.29, 0.717) is 16.8 Å². The molecule has 1 aromatic heterocycles. The van der Waals surface area contributed by atoms with E-state index in [1.54, 1.807) is 12.1 Å². The number of rotatable bonds is 2. The minimum absolute atomic E-state index is 0.172. The highest BCUT2D eigenvalue weighted by Gasteiger charge is 2.13. The molecular formula is C19H14FN3. The molecule has 4 heteroatoms. The lowest BCUT2D eigenvalue weighted by Crippen LogP contribution is -2.00. The zero-order valence-corrected chi connectivity index (χ0v) is 12.5. The molecule has 2 N–H and O–H groups in total. The molecule has 3 aromatic rings. The first-order chi connectivity index (χ1) is 11.1. The van der Waals surface area contributed by atoms with Crippen LogP contribution in [0, 0.1) is 24.1 Å². The quantitative estimate of drug-likeness (QED) is 0.767. The first-order valence-electron chi connectivity index (χ1n) is 7.12. The Bertz CT molecular complexity index is 909. The predicted molar refractivity (Wildman–Crippen MR) is 88.9 cm³/mol. The van der Waals surface area contributed by atoms with Crippen molar-refractivity contribution in [3.8, 4) is 28.5 Å². The second-order valence-corrected chi connectivity index (χ2v) is 5.30. The van der Waals surface area contributed by atoms with Crippen LogP contribution >= 0.6 is 0 Å².